The maximum atomic E-state index is 13.6. The predicted octanol–water partition coefficient (Wildman–Crippen LogP) is 0.533. The SMILES string of the molecule is B[C@@H]1O[C@H](CC(C)(CC)OP(=O)(O)C(O)CC)[C@@H](O)[C@H]1F. The van der Waals surface area contributed by atoms with Gasteiger partial charge in [-0.05, 0) is 19.8 Å². The van der Waals surface area contributed by atoms with Gasteiger partial charge in [-0.15, -0.1) is 0 Å². The molecule has 1 aliphatic heterocycles. The van der Waals surface area contributed by atoms with Crippen LogP contribution in [-0.4, -0.2) is 58.8 Å². The number of halogens is 1. The highest BCUT2D eigenvalue weighted by atomic mass is 31.2. The summed E-state index contributed by atoms with van der Waals surface area (Å²) in [6, 6.07) is -0.728. The monoisotopic (exact) mass is 326 g/mol. The van der Waals surface area contributed by atoms with Crippen LogP contribution in [0.2, 0.25) is 0 Å². The molecule has 0 amide bonds. The molecule has 0 saturated carbocycles. The molecule has 9 heteroatoms. The molecule has 3 N–H and O–H groups in total. The highest BCUT2D eigenvalue weighted by Crippen LogP contribution is 2.52. The molecule has 0 aromatic carbocycles. The van der Waals surface area contributed by atoms with Crippen molar-refractivity contribution in [3.63, 3.8) is 0 Å². The van der Waals surface area contributed by atoms with Crippen LogP contribution in [0.25, 0.3) is 0 Å². The van der Waals surface area contributed by atoms with E-state index in [4.69, 9.17) is 9.26 Å². The smallest absolute Gasteiger partial charge is 0.356 e. The topological polar surface area (TPSA) is 96.2 Å². The van der Waals surface area contributed by atoms with Gasteiger partial charge in [0.2, 0.25) is 0 Å². The van der Waals surface area contributed by atoms with E-state index in [9.17, 15) is 24.1 Å². The summed E-state index contributed by atoms with van der Waals surface area (Å²) in [5, 5.41) is 19.4. The Morgan fingerprint density at radius 2 is 2.10 bits per heavy atom. The van der Waals surface area contributed by atoms with E-state index < -0.39 is 43.4 Å². The van der Waals surface area contributed by atoms with E-state index in [0.29, 0.717) is 6.42 Å². The van der Waals surface area contributed by atoms with Crippen LogP contribution in [0.3, 0.4) is 0 Å². The molecule has 1 saturated heterocycles. The average molecular weight is 326 g/mol. The number of hydrogen-bond acceptors (Lipinski definition) is 5. The van der Waals surface area contributed by atoms with Gasteiger partial charge in [-0.2, -0.15) is 0 Å². The van der Waals surface area contributed by atoms with Crippen LogP contribution in [0.15, 0.2) is 0 Å². The summed E-state index contributed by atoms with van der Waals surface area (Å²) in [6.07, 6.45) is -3.08. The second kappa shape index (κ2) is 7.07. The number of alkyl halides is 1. The molecular formula is C12H25BFO6P. The van der Waals surface area contributed by atoms with Crippen molar-refractivity contribution in [2.45, 2.75) is 75.9 Å². The quantitative estimate of drug-likeness (QED) is 0.467. The van der Waals surface area contributed by atoms with Crippen LogP contribution in [0.5, 0.6) is 0 Å². The summed E-state index contributed by atoms with van der Waals surface area (Å²) in [4.78, 5) is 9.80. The van der Waals surface area contributed by atoms with Crippen LogP contribution in [-0.2, 0) is 13.8 Å². The molecule has 1 rings (SSSR count). The van der Waals surface area contributed by atoms with E-state index in [2.05, 4.69) is 0 Å². The summed E-state index contributed by atoms with van der Waals surface area (Å²) >= 11 is 0. The first-order chi connectivity index (χ1) is 9.56. The van der Waals surface area contributed by atoms with Gasteiger partial charge in [-0.25, -0.2) is 4.39 Å². The van der Waals surface area contributed by atoms with Crippen molar-refractivity contribution in [1.29, 1.82) is 0 Å². The van der Waals surface area contributed by atoms with E-state index in [0.717, 1.165) is 0 Å². The molecule has 6 nitrogen and oxygen atoms in total. The van der Waals surface area contributed by atoms with Crippen LogP contribution in [0.4, 0.5) is 4.39 Å². The highest BCUT2D eigenvalue weighted by molar-refractivity contribution is 7.53. The molecule has 21 heavy (non-hydrogen) atoms. The van der Waals surface area contributed by atoms with Gasteiger partial charge in [-0.1, -0.05) is 13.8 Å². The molecule has 1 fully saturated rings. The molecule has 1 aliphatic rings. The van der Waals surface area contributed by atoms with E-state index in [1.165, 1.54) is 7.85 Å². The molecule has 0 aromatic rings. The fraction of sp³-hybridized carbons (Fsp3) is 1.00. The summed E-state index contributed by atoms with van der Waals surface area (Å²) < 4.78 is 36.2. The first kappa shape index (κ1) is 19.1. The van der Waals surface area contributed by atoms with E-state index in [1.54, 1.807) is 20.8 Å². The van der Waals surface area contributed by atoms with Gasteiger partial charge < -0.3 is 24.4 Å². The van der Waals surface area contributed by atoms with Gasteiger partial charge in [0.15, 0.2) is 5.85 Å². The molecule has 0 aliphatic carbocycles. The third-order valence-electron chi connectivity index (χ3n) is 4.02. The van der Waals surface area contributed by atoms with Crippen LogP contribution >= 0.6 is 7.60 Å². The normalized spacial score (nSPS) is 36.9. The lowest BCUT2D eigenvalue weighted by Gasteiger charge is -2.34. The molecule has 0 bridgehead atoms. The Kier molecular flexibility index (Phi) is 6.42. The Labute approximate surface area is 125 Å². The zero-order valence-electron chi connectivity index (χ0n) is 12.9. The van der Waals surface area contributed by atoms with Crippen molar-refractivity contribution in [2.24, 2.45) is 0 Å². The second-order valence-electron chi connectivity index (χ2n) is 5.87. The van der Waals surface area contributed by atoms with Crippen molar-refractivity contribution >= 4 is 15.4 Å². The van der Waals surface area contributed by atoms with Crippen molar-refractivity contribution < 1.29 is 33.3 Å². The van der Waals surface area contributed by atoms with Crippen molar-refractivity contribution in [3.05, 3.63) is 0 Å². The van der Waals surface area contributed by atoms with Gasteiger partial charge in [0, 0.05) is 6.42 Å². The second-order valence-corrected chi connectivity index (χ2v) is 7.77. The van der Waals surface area contributed by atoms with Crippen molar-refractivity contribution in [2.75, 3.05) is 0 Å². The zero-order chi connectivity index (χ0) is 16.4. The Bertz CT molecular complexity index is 400. The van der Waals surface area contributed by atoms with Gasteiger partial charge in [0.1, 0.15) is 20.1 Å². The first-order valence-corrected chi connectivity index (χ1v) is 8.90. The summed E-state index contributed by atoms with van der Waals surface area (Å²) in [7, 11) is -2.68. The summed E-state index contributed by atoms with van der Waals surface area (Å²) in [5.41, 5.74) is -1.10. The minimum atomic E-state index is -4.20. The molecule has 0 spiro atoms. The molecule has 0 aromatic heterocycles. The van der Waals surface area contributed by atoms with Crippen molar-refractivity contribution in [3.8, 4) is 0 Å². The van der Waals surface area contributed by atoms with Crippen LogP contribution in [0, 0.1) is 0 Å². The number of hydrogen-bond donors (Lipinski definition) is 3. The van der Waals surface area contributed by atoms with Crippen LogP contribution in [0.1, 0.15) is 40.0 Å². The fourth-order valence-corrected chi connectivity index (χ4v) is 3.78. The predicted molar refractivity (Wildman–Crippen MR) is 78.6 cm³/mol. The number of rotatable bonds is 7. The maximum absolute atomic E-state index is 13.6. The van der Waals surface area contributed by atoms with Crippen molar-refractivity contribution in [1.82, 2.24) is 0 Å². The summed E-state index contributed by atoms with van der Waals surface area (Å²) in [6.45, 7) is 4.90. The lowest BCUT2D eigenvalue weighted by atomic mass is 9.90. The Morgan fingerprint density at radius 1 is 1.52 bits per heavy atom. The zero-order valence-corrected chi connectivity index (χ0v) is 13.8. The largest absolute Gasteiger partial charge is 0.387 e. The van der Waals surface area contributed by atoms with Gasteiger partial charge >= 0.3 is 7.60 Å². The fourth-order valence-electron chi connectivity index (χ4n) is 2.36. The Hall–Kier alpha value is 0.0249. The molecule has 3 unspecified atom stereocenters. The van der Waals surface area contributed by atoms with Gasteiger partial charge in [0.25, 0.3) is 0 Å². The standard InChI is InChI=1S/C12H25BFO6P/c1-4-8(15)21(17,18)20-12(3,5-2)6-7-10(16)9(14)11(13)19-7/h7-11,15-16H,4-6,13H2,1-3H3,(H,17,18)/t7-,8?,9-,10-,11-,12?/m1/s1. The van der Waals surface area contributed by atoms with Gasteiger partial charge in [0.05, 0.1) is 17.7 Å². The molecular weight excluding hydrogens is 301 g/mol. The minimum absolute atomic E-state index is 0.0659. The maximum Gasteiger partial charge on any atom is 0.356 e. The average Bonchev–Trinajstić information content (AvgIpc) is 2.64. The molecule has 124 valence electrons. The van der Waals surface area contributed by atoms with E-state index in [-0.39, 0.29) is 12.8 Å². The minimum Gasteiger partial charge on any atom is -0.387 e. The van der Waals surface area contributed by atoms with E-state index in [1.807, 2.05) is 0 Å². The third kappa shape index (κ3) is 4.50. The lowest BCUT2D eigenvalue weighted by Crippen LogP contribution is -2.38. The molecule has 0 radical (unpaired) electrons. The van der Waals surface area contributed by atoms with Crippen LogP contribution < -0.4 is 0 Å². The Morgan fingerprint density at radius 3 is 2.48 bits per heavy atom. The molecule has 1 heterocycles. The highest BCUT2D eigenvalue weighted by Gasteiger charge is 2.46. The first-order valence-electron chi connectivity index (χ1n) is 7.25. The third-order valence-corrected chi connectivity index (χ3v) is 5.84. The summed E-state index contributed by atoms with van der Waals surface area (Å²) in [5.74, 6) is -1.47. The molecule has 7 atom stereocenters. The van der Waals surface area contributed by atoms with E-state index >= 15 is 0 Å². The number of aliphatic hydroxyl groups is 2. The number of ether oxygens (including phenoxy) is 1. The Balaban J connectivity index is 2.79. The number of aliphatic hydroxyl groups excluding tert-OH is 2. The lowest BCUT2D eigenvalue weighted by molar-refractivity contribution is -0.0386. The van der Waals surface area contributed by atoms with Gasteiger partial charge in [-0.3, -0.25) is 4.57 Å².